The second kappa shape index (κ2) is 6.33. The van der Waals surface area contributed by atoms with Crippen molar-refractivity contribution in [3.8, 4) is 0 Å². The van der Waals surface area contributed by atoms with E-state index in [1.54, 1.807) is 25.1 Å². The van der Waals surface area contributed by atoms with Gasteiger partial charge in [0.05, 0.1) is 6.61 Å². The largest absolute Gasteiger partial charge is 0.392 e. The van der Waals surface area contributed by atoms with Gasteiger partial charge in [-0.2, -0.15) is 5.10 Å². The first-order valence-electron chi connectivity index (χ1n) is 6.33. The zero-order chi connectivity index (χ0) is 15.5. The molecule has 114 valence electrons. The Morgan fingerprint density at radius 1 is 1.38 bits per heavy atom. The third-order valence-corrected chi connectivity index (χ3v) is 4.52. The van der Waals surface area contributed by atoms with Gasteiger partial charge >= 0.3 is 0 Å². The standard InChI is InChI=1S/C13H16FN3O3S/c1-9-11(8-18)13(17-16-9)21(19,20)15-7-6-10-4-2-3-5-12(10)14/h2-5,15,18H,6-8H2,1H3,(H,16,17). The summed E-state index contributed by atoms with van der Waals surface area (Å²) in [6, 6.07) is 6.18. The minimum atomic E-state index is -3.84. The van der Waals surface area contributed by atoms with Crippen LogP contribution in [0.5, 0.6) is 0 Å². The maximum absolute atomic E-state index is 13.4. The molecule has 0 spiro atoms. The zero-order valence-electron chi connectivity index (χ0n) is 11.4. The van der Waals surface area contributed by atoms with Gasteiger partial charge in [-0.25, -0.2) is 17.5 Å². The average Bonchev–Trinajstić information content (AvgIpc) is 2.82. The third kappa shape index (κ3) is 3.46. The topological polar surface area (TPSA) is 95.1 Å². The lowest BCUT2D eigenvalue weighted by Gasteiger charge is -2.06. The number of rotatable bonds is 6. The highest BCUT2D eigenvalue weighted by Crippen LogP contribution is 2.16. The monoisotopic (exact) mass is 313 g/mol. The van der Waals surface area contributed by atoms with Crippen LogP contribution in [0.15, 0.2) is 29.3 Å². The number of aryl methyl sites for hydroxylation is 1. The Morgan fingerprint density at radius 2 is 2.10 bits per heavy atom. The summed E-state index contributed by atoms with van der Waals surface area (Å²) in [5.41, 5.74) is 1.15. The summed E-state index contributed by atoms with van der Waals surface area (Å²) in [6.45, 7) is 1.24. The molecule has 3 N–H and O–H groups in total. The van der Waals surface area contributed by atoms with Crippen molar-refractivity contribution in [2.24, 2.45) is 0 Å². The average molecular weight is 313 g/mol. The number of aliphatic hydroxyl groups is 1. The Morgan fingerprint density at radius 3 is 2.76 bits per heavy atom. The van der Waals surface area contributed by atoms with Gasteiger partial charge in [0.2, 0.25) is 0 Å². The van der Waals surface area contributed by atoms with Crippen molar-refractivity contribution in [1.29, 1.82) is 0 Å². The van der Waals surface area contributed by atoms with Gasteiger partial charge in [0.25, 0.3) is 10.0 Å². The van der Waals surface area contributed by atoms with Gasteiger partial charge in [-0.05, 0) is 25.0 Å². The van der Waals surface area contributed by atoms with Crippen molar-refractivity contribution in [1.82, 2.24) is 14.9 Å². The van der Waals surface area contributed by atoms with E-state index < -0.39 is 16.6 Å². The van der Waals surface area contributed by atoms with Crippen molar-refractivity contribution in [2.75, 3.05) is 6.54 Å². The summed E-state index contributed by atoms with van der Waals surface area (Å²) in [5.74, 6) is -0.372. The van der Waals surface area contributed by atoms with Crippen LogP contribution in [0.25, 0.3) is 0 Å². The van der Waals surface area contributed by atoms with Crippen LogP contribution in [0.4, 0.5) is 4.39 Å². The smallest absolute Gasteiger partial charge is 0.260 e. The highest BCUT2D eigenvalue weighted by atomic mass is 32.2. The summed E-state index contributed by atoms with van der Waals surface area (Å²) in [5, 5.41) is 15.2. The molecule has 1 aromatic carbocycles. The predicted octanol–water partition coefficient (Wildman–Crippen LogP) is 0.871. The van der Waals surface area contributed by atoms with Gasteiger partial charge in [-0.1, -0.05) is 18.2 Å². The number of aromatic nitrogens is 2. The number of sulfonamides is 1. The number of halogens is 1. The minimum absolute atomic E-state index is 0.0417. The Hall–Kier alpha value is -1.77. The number of aliphatic hydroxyl groups excluding tert-OH is 1. The number of nitrogens with zero attached hydrogens (tertiary/aromatic N) is 1. The molecule has 0 aliphatic rings. The highest BCUT2D eigenvalue weighted by Gasteiger charge is 2.22. The molecule has 1 heterocycles. The minimum Gasteiger partial charge on any atom is -0.392 e. The van der Waals surface area contributed by atoms with Crippen LogP contribution in [-0.4, -0.2) is 30.3 Å². The van der Waals surface area contributed by atoms with E-state index in [0.717, 1.165) is 0 Å². The molecular formula is C13H16FN3O3S. The quantitative estimate of drug-likeness (QED) is 0.737. The van der Waals surface area contributed by atoms with Gasteiger partial charge in [-0.3, -0.25) is 5.10 Å². The molecule has 6 nitrogen and oxygen atoms in total. The van der Waals surface area contributed by atoms with E-state index in [0.29, 0.717) is 11.3 Å². The summed E-state index contributed by atoms with van der Waals surface area (Å²) in [4.78, 5) is 0. The number of aromatic amines is 1. The van der Waals surface area contributed by atoms with Gasteiger partial charge in [-0.15, -0.1) is 0 Å². The van der Waals surface area contributed by atoms with Crippen LogP contribution in [0, 0.1) is 12.7 Å². The number of hydrogen-bond donors (Lipinski definition) is 3. The van der Waals surface area contributed by atoms with E-state index in [1.807, 2.05) is 0 Å². The molecular weight excluding hydrogens is 297 g/mol. The van der Waals surface area contributed by atoms with Crippen molar-refractivity contribution in [3.63, 3.8) is 0 Å². The summed E-state index contributed by atoms with van der Waals surface area (Å²) >= 11 is 0. The van der Waals surface area contributed by atoms with E-state index in [-0.39, 0.29) is 29.4 Å². The first-order chi connectivity index (χ1) is 9.95. The maximum atomic E-state index is 13.4. The van der Waals surface area contributed by atoms with Crippen LogP contribution in [0.1, 0.15) is 16.8 Å². The molecule has 1 aromatic heterocycles. The van der Waals surface area contributed by atoms with E-state index in [9.17, 15) is 17.9 Å². The van der Waals surface area contributed by atoms with Gasteiger partial charge in [0.1, 0.15) is 5.82 Å². The lowest BCUT2D eigenvalue weighted by atomic mass is 10.1. The van der Waals surface area contributed by atoms with Crippen molar-refractivity contribution >= 4 is 10.0 Å². The Labute approximate surface area is 122 Å². The second-order valence-corrected chi connectivity index (χ2v) is 6.21. The van der Waals surface area contributed by atoms with E-state index in [2.05, 4.69) is 14.9 Å². The van der Waals surface area contributed by atoms with Crippen LogP contribution in [-0.2, 0) is 23.1 Å². The SMILES string of the molecule is Cc1[nH]nc(S(=O)(=O)NCCc2ccccc2F)c1CO. The molecule has 0 saturated heterocycles. The fourth-order valence-corrected chi connectivity index (χ4v) is 3.14. The van der Waals surface area contributed by atoms with Crippen molar-refractivity contribution < 1.29 is 17.9 Å². The summed E-state index contributed by atoms with van der Waals surface area (Å²) in [6.07, 6.45) is 0.226. The summed E-state index contributed by atoms with van der Waals surface area (Å²) in [7, 11) is -3.84. The Bertz CT molecular complexity index is 728. The van der Waals surface area contributed by atoms with Gasteiger partial charge in [0, 0.05) is 17.8 Å². The third-order valence-electron chi connectivity index (χ3n) is 3.09. The first-order valence-corrected chi connectivity index (χ1v) is 7.82. The predicted molar refractivity (Wildman–Crippen MR) is 74.5 cm³/mol. The second-order valence-electron chi connectivity index (χ2n) is 4.53. The summed E-state index contributed by atoms with van der Waals surface area (Å²) < 4.78 is 40.0. The highest BCUT2D eigenvalue weighted by molar-refractivity contribution is 7.89. The van der Waals surface area contributed by atoms with Gasteiger partial charge < -0.3 is 5.11 Å². The molecule has 0 atom stereocenters. The lowest BCUT2D eigenvalue weighted by Crippen LogP contribution is -2.27. The molecule has 0 bridgehead atoms. The lowest BCUT2D eigenvalue weighted by molar-refractivity contribution is 0.277. The molecule has 8 heteroatoms. The fourth-order valence-electron chi connectivity index (χ4n) is 1.93. The zero-order valence-corrected chi connectivity index (χ0v) is 12.2. The van der Waals surface area contributed by atoms with Crippen LogP contribution in [0.2, 0.25) is 0 Å². The van der Waals surface area contributed by atoms with E-state index >= 15 is 0 Å². The van der Waals surface area contributed by atoms with E-state index in [4.69, 9.17) is 0 Å². The molecule has 0 aliphatic heterocycles. The first kappa shape index (κ1) is 15.6. The molecule has 0 amide bonds. The van der Waals surface area contributed by atoms with Crippen molar-refractivity contribution in [3.05, 3.63) is 46.9 Å². The molecule has 0 saturated carbocycles. The fraction of sp³-hybridized carbons (Fsp3) is 0.308. The molecule has 0 radical (unpaired) electrons. The Kier molecular flexibility index (Phi) is 4.71. The molecule has 0 aliphatic carbocycles. The van der Waals surface area contributed by atoms with E-state index in [1.165, 1.54) is 6.07 Å². The van der Waals surface area contributed by atoms with Crippen LogP contribution < -0.4 is 4.72 Å². The number of hydrogen-bond acceptors (Lipinski definition) is 4. The molecule has 21 heavy (non-hydrogen) atoms. The number of benzene rings is 1. The molecule has 0 unspecified atom stereocenters. The number of H-pyrrole nitrogens is 1. The van der Waals surface area contributed by atoms with Gasteiger partial charge in [0.15, 0.2) is 5.03 Å². The number of nitrogens with one attached hydrogen (secondary N) is 2. The normalized spacial score (nSPS) is 11.8. The van der Waals surface area contributed by atoms with Crippen molar-refractivity contribution in [2.45, 2.75) is 25.0 Å². The molecule has 2 rings (SSSR count). The molecule has 0 fully saturated rings. The maximum Gasteiger partial charge on any atom is 0.260 e. The Balaban J connectivity index is 2.07. The van der Waals surface area contributed by atoms with Crippen LogP contribution >= 0.6 is 0 Å². The van der Waals surface area contributed by atoms with Crippen LogP contribution in [0.3, 0.4) is 0 Å². The molecule has 2 aromatic rings.